The van der Waals surface area contributed by atoms with Gasteiger partial charge in [0.1, 0.15) is 5.82 Å². The van der Waals surface area contributed by atoms with Crippen molar-refractivity contribution in [2.75, 3.05) is 68.7 Å². The molecule has 0 spiro atoms. The Balaban J connectivity index is 0.000000228. The first kappa shape index (κ1) is 27.1. The highest BCUT2D eigenvalue weighted by atomic mass is 15.3. The van der Waals surface area contributed by atoms with E-state index in [2.05, 4.69) is 81.5 Å². The lowest BCUT2D eigenvalue weighted by atomic mass is 10.2. The summed E-state index contributed by atoms with van der Waals surface area (Å²) in [6.07, 6.45) is 4.94. The van der Waals surface area contributed by atoms with E-state index in [-0.39, 0.29) is 7.43 Å². The number of piperazine rings is 1. The van der Waals surface area contributed by atoms with Crippen molar-refractivity contribution in [2.45, 2.75) is 54.5 Å². The maximum absolute atomic E-state index is 4.46. The minimum Gasteiger partial charge on any atom is -0.369 e. The fourth-order valence-corrected chi connectivity index (χ4v) is 4.31. The van der Waals surface area contributed by atoms with E-state index in [9.17, 15) is 0 Å². The molecule has 2 aliphatic heterocycles. The van der Waals surface area contributed by atoms with E-state index in [0.717, 1.165) is 44.2 Å². The average Bonchev–Trinajstić information content (AvgIpc) is 3.07. The molecule has 3 heterocycles. The lowest BCUT2D eigenvalue weighted by Gasteiger charge is -2.35. The quantitative estimate of drug-likeness (QED) is 0.678. The smallest absolute Gasteiger partial charge is 0.147 e. The standard InChI is InChI=1S/C13H22N4.C13H20N2.CH4/c1-11(2)16-5-4-6-17(8-7-16)13-10-14-12(3)9-15-13;1-3-14-8-10-15(11-9-14)13-6-4-12(2)5-7-13;/h9-11H,4-8H2,1-3H3;4-7H,3,8-11H2,1-2H3;1H4. The van der Waals surface area contributed by atoms with Gasteiger partial charge in [0.25, 0.3) is 0 Å². The monoisotopic (exact) mass is 454 g/mol. The van der Waals surface area contributed by atoms with Crippen LogP contribution in [0.25, 0.3) is 0 Å². The topological polar surface area (TPSA) is 38.7 Å². The van der Waals surface area contributed by atoms with Crippen LogP contribution in [0.3, 0.4) is 0 Å². The highest BCUT2D eigenvalue weighted by Gasteiger charge is 2.18. The molecule has 2 aromatic rings. The van der Waals surface area contributed by atoms with Crippen LogP contribution in [0, 0.1) is 13.8 Å². The molecule has 1 aromatic carbocycles. The zero-order valence-electron chi connectivity index (χ0n) is 20.8. The summed E-state index contributed by atoms with van der Waals surface area (Å²) in [6, 6.07) is 9.50. The molecule has 0 bridgehead atoms. The number of hydrogen-bond donors (Lipinski definition) is 0. The second-order valence-corrected chi connectivity index (χ2v) is 9.24. The summed E-state index contributed by atoms with van der Waals surface area (Å²) in [5.41, 5.74) is 3.69. The summed E-state index contributed by atoms with van der Waals surface area (Å²) in [6.45, 7) is 21.2. The summed E-state index contributed by atoms with van der Waals surface area (Å²) in [7, 11) is 0. The molecular formula is C27H46N6. The Morgan fingerprint density at radius 3 is 2.03 bits per heavy atom. The minimum atomic E-state index is 0. The molecule has 33 heavy (non-hydrogen) atoms. The number of aryl methyl sites for hydroxylation is 2. The molecule has 0 N–H and O–H groups in total. The van der Waals surface area contributed by atoms with Crippen molar-refractivity contribution in [2.24, 2.45) is 0 Å². The Bertz CT molecular complexity index is 781. The highest BCUT2D eigenvalue weighted by molar-refractivity contribution is 5.47. The number of aromatic nitrogens is 2. The Labute approximate surface area is 202 Å². The van der Waals surface area contributed by atoms with Gasteiger partial charge >= 0.3 is 0 Å². The van der Waals surface area contributed by atoms with E-state index in [4.69, 9.17) is 0 Å². The SMILES string of the molecule is C.CCN1CCN(c2ccc(C)cc2)CC1.Cc1cnc(N2CCCN(C(C)C)CC2)cn1. The highest BCUT2D eigenvalue weighted by Crippen LogP contribution is 2.17. The molecule has 4 rings (SSSR count). The third-order valence-corrected chi connectivity index (χ3v) is 6.57. The predicted octanol–water partition coefficient (Wildman–Crippen LogP) is 4.48. The normalized spacial score (nSPS) is 17.8. The van der Waals surface area contributed by atoms with E-state index in [1.54, 1.807) is 0 Å². The van der Waals surface area contributed by atoms with Crippen molar-refractivity contribution < 1.29 is 0 Å². The number of likely N-dealkylation sites (N-methyl/N-ethyl adjacent to an activating group) is 1. The molecule has 0 aliphatic carbocycles. The Morgan fingerprint density at radius 1 is 0.788 bits per heavy atom. The molecule has 2 aliphatic rings. The van der Waals surface area contributed by atoms with Gasteiger partial charge in [-0.15, -0.1) is 0 Å². The molecule has 0 amide bonds. The number of nitrogens with zero attached hydrogens (tertiary/aromatic N) is 6. The van der Waals surface area contributed by atoms with Gasteiger partial charge < -0.3 is 14.7 Å². The van der Waals surface area contributed by atoms with E-state index in [1.165, 1.54) is 43.9 Å². The van der Waals surface area contributed by atoms with Crippen molar-refractivity contribution in [3.05, 3.63) is 47.9 Å². The molecule has 6 nitrogen and oxygen atoms in total. The molecule has 2 saturated heterocycles. The fourth-order valence-electron chi connectivity index (χ4n) is 4.31. The van der Waals surface area contributed by atoms with Crippen LogP contribution >= 0.6 is 0 Å². The Kier molecular flexibility index (Phi) is 11.1. The van der Waals surface area contributed by atoms with Crippen LogP contribution in [0.5, 0.6) is 0 Å². The summed E-state index contributed by atoms with van der Waals surface area (Å²) in [5.74, 6) is 1.02. The maximum Gasteiger partial charge on any atom is 0.147 e. The molecule has 2 fully saturated rings. The van der Waals surface area contributed by atoms with Crippen molar-refractivity contribution in [1.82, 2.24) is 19.8 Å². The van der Waals surface area contributed by atoms with E-state index in [1.807, 2.05) is 19.3 Å². The Hall–Kier alpha value is -2.18. The molecular weight excluding hydrogens is 408 g/mol. The van der Waals surface area contributed by atoms with Crippen molar-refractivity contribution in [1.29, 1.82) is 0 Å². The number of benzene rings is 1. The maximum atomic E-state index is 4.46. The zero-order chi connectivity index (χ0) is 22.9. The first-order valence-electron chi connectivity index (χ1n) is 12.3. The van der Waals surface area contributed by atoms with Crippen molar-refractivity contribution in [3.63, 3.8) is 0 Å². The second-order valence-electron chi connectivity index (χ2n) is 9.24. The molecule has 0 unspecified atom stereocenters. The van der Waals surface area contributed by atoms with Gasteiger partial charge in [0, 0.05) is 64.1 Å². The lowest BCUT2D eigenvalue weighted by molar-refractivity contribution is 0.238. The summed E-state index contributed by atoms with van der Waals surface area (Å²) >= 11 is 0. The average molecular weight is 455 g/mol. The first-order chi connectivity index (χ1) is 15.5. The number of rotatable bonds is 4. The third kappa shape index (κ3) is 8.27. The summed E-state index contributed by atoms with van der Waals surface area (Å²) in [4.78, 5) is 18.6. The van der Waals surface area contributed by atoms with Crippen molar-refractivity contribution in [3.8, 4) is 0 Å². The zero-order valence-corrected chi connectivity index (χ0v) is 20.8. The molecule has 1 aromatic heterocycles. The van der Waals surface area contributed by atoms with Gasteiger partial charge in [-0.2, -0.15) is 0 Å². The first-order valence-corrected chi connectivity index (χ1v) is 12.3. The van der Waals surface area contributed by atoms with Crippen LogP contribution in [-0.2, 0) is 0 Å². The summed E-state index contributed by atoms with van der Waals surface area (Å²) in [5, 5.41) is 0. The van der Waals surface area contributed by atoms with Crippen LogP contribution in [0.2, 0.25) is 0 Å². The van der Waals surface area contributed by atoms with Crippen molar-refractivity contribution >= 4 is 11.5 Å². The summed E-state index contributed by atoms with van der Waals surface area (Å²) < 4.78 is 0. The number of anilines is 2. The van der Waals surface area contributed by atoms with E-state index < -0.39 is 0 Å². The van der Waals surface area contributed by atoms with Gasteiger partial charge in [-0.3, -0.25) is 9.88 Å². The largest absolute Gasteiger partial charge is 0.369 e. The molecule has 0 atom stereocenters. The van der Waals surface area contributed by atoms with Gasteiger partial charge in [-0.25, -0.2) is 4.98 Å². The van der Waals surface area contributed by atoms with Gasteiger partial charge in [-0.1, -0.05) is 32.0 Å². The third-order valence-electron chi connectivity index (χ3n) is 6.57. The second kappa shape index (κ2) is 13.5. The van der Waals surface area contributed by atoms with E-state index in [0.29, 0.717) is 6.04 Å². The number of hydrogen-bond acceptors (Lipinski definition) is 6. The predicted molar refractivity (Wildman–Crippen MR) is 143 cm³/mol. The van der Waals surface area contributed by atoms with Crippen LogP contribution < -0.4 is 9.80 Å². The van der Waals surface area contributed by atoms with Crippen LogP contribution in [0.4, 0.5) is 11.5 Å². The molecule has 6 heteroatoms. The van der Waals surface area contributed by atoms with E-state index >= 15 is 0 Å². The minimum absolute atomic E-state index is 0. The van der Waals surface area contributed by atoms with Crippen LogP contribution in [-0.4, -0.2) is 84.7 Å². The molecule has 184 valence electrons. The Morgan fingerprint density at radius 2 is 1.45 bits per heavy atom. The molecule has 0 radical (unpaired) electrons. The van der Waals surface area contributed by atoms with Gasteiger partial charge in [0.05, 0.1) is 18.1 Å². The van der Waals surface area contributed by atoms with Gasteiger partial charge in [-0.05, 0) is 52.8 Å². The fraction of sp³-hybridized carbons (Fsp3) is 0.630. The van der Waals surface area contributed by atoms with Gasteiger partial charge in [0.15, 0.2) is 0 Å². The molecule has 0 saturated carbocycles. The van der Waals surface area contributed by atoms with Crippen LogP contribution in [0.15, 0.2) is 36.7 Å². The van der Waals surface area contributed by atoms with Crippen LogP contribution in [0.1, 0.15) is 45.9 Å². The lowest BCUT2D eigenvalue weighted by Crippen LogP contribution is -2.46. The van der Waals surface area contributed by atoms with Gasteiger partial charge in [0.2, 0.25) is 0 Å².